The Morgan fingerprint density at radius 1 is 1.06 bits per heavy atom. The van der Waals surface area contributed by atoms with E-state index in [2.05, 4.69) is 0 Å². The van der Waals surface area contributed by atoms with Gasteiger partial charge >= 0.3 is 5.97 Å². The summed E-state index contributed by atoms with van der Waals surface area (Å²) >= 11 is 0. The summed E-state index contributed by atoms with van der Waals surface area (Å²) in [6, 6.07) is 4.93. The van der Waals surface area contributed by atoms with Crippen LogP contribution in [0.4, 0.5) is 4.39 Å². The first-order chi connectivity index (χ1) is 14.8. The molecule has 9 heteroatoms. The van der Waals surface area contributed by atoms with Crippen molar-refractivity contribution in [2.75, 3.05) is 26.2 Å². The first kappa shape index (κ1) is 23.7. The predicted octanol–water partition coefficient (Wildman–Crippen LogP) is 2.95. The van der Waals surface area contributed by atoms with Gasteiger partial charge in [0.05, 0.1) is 10.8 Å². The number of likely N-dealkylation sites (N-methyl/N-ethyl adjacent to an activating group) is 1. The Morgan fingerprint density at radius 2 is 1.68 bits per heavy atom. The predicted molar refractivity (Wildman–Crippen MR) is 113 cm³/mol. The van der Waals surface area contributed by atoms with Crippen LogP contribution in [-0.4, -0.2) is 61.8 Å². The Bertz CT molecular complexity index is 860. The van der Waals surface area contributed by atoms with E-state index < -0.39 is 27.7 Å². The summed E-state index contributed by atoms with van der Waals surface area (Å²) in [5.74, 6) is -1.55. The minimum absolute atomic E-state index is 0.0305. The van der Waals surface area contributed by atoms with Crippen LogP contribution in [0.15, 0.2) is 29.2 Å². The number of hydrogen-bond acceptors (Lipinski definition) is 5. The quantitative estimate of drug-likeness (QED) is 0.592. The molecular formula is C22H31FN2O5S. The molecule has 0 bridgehead atoms. The number of rotatable bonds is 7. The molecule has 0 atom stereocenters. The number of carbonyl (C=O) groups excluding carboxylic acids is 2. The van der Waals surface area contributed by atoms with Crippen molar-refractivity contribution >= 4 is 21.9 Å². The average molecular weight is 455 g/mol. The van der Waals surface area contributed by atoms with Crippen molar-refractivity contribution in [1.82, 2.24) is 9.21 Å². The Kier molecular flexibility index (Phi) is 8.05. The third-order valence-corrected chi connectivity index (χ3v) is 8.17. The molecule has 1 aromatic carbocycles. The maximum absolute atomic E-state index is 13.1. The van der Waals surface area contributed by atoms with Gasteiger partial charge in [0, 0.05) is 25.7 Å². The molecule has 3 rings (SSSR count). The van der Waals surface area contributed by atoms with Gasteiger partial charge in [-0.2, -0.15) is 4.31 Å². The third-order valence-electron chi connectivity index (χ3n) is 6.25. The summed E-state index contributed by atoms with van der Waals surface area (Å²) in [5.41, 5.74) is 0. The van der Waals surface area contributed by atoms with E-state index in [4.69, 9.17) is 4.74 Å². The summed E-state index contributed by atoms with van der Waals surface area (Å²) in [6.45, 7) is 2.62. The second-order valence-corrected chi connectivity index (χ2v) is 10.1. The van der Waals surface area contributed by atoms with Crippen LogP contribution in [0, 0.1) is 11.7 Å². The van der Waals surface area contributed by atoms with Crippen molar-refractivity contribution < 1.29 is 27.1 Å². The molecular weight excluding hydrogens is 423 g/mol. The molecule has 0 aromatic heterocycles. The Labute approximate surface area is 183 Å². The molecule has 1 aliphatic carbocycles. The van der Waals surface area contributed by atoms with Crippen LogP contribution in [0.5, 0.6) is 0 Å². The monoisotopic (exact) mass is 454 g/mol. The standard InChI is InChI=1S/C22H31FN2O5S/c1-2-25(19-6-4-3-5-7-19)21(26)16-30-22(27)17-12-14-24(15-13-17)31(28,29)20-10-8-18(23)9-11-20/h8-11,17,19H,2-7,12-16H2,1H3. The zero-order chi connectivity index (χ0) is 22.4. The zero-order valence-corrected chi connectivity index (χ0v) is 18.8. The summed E-state index contributed by atoms with van der Waals surface area (Å²) < 4.78 is 45.0. The lowest BCUT2D eigenvalue weighted by molar-refractivity contribution is -0.157. The minimum Gasteiger partial charge on any atom is -0.455 e. The van der Waals surface area contributed by atoms with E-state index >= 15 is 0 Å². The van der Waals surface area contributed by atoms with Crippen LogP contribution < -0.4 is 0 Å². The third kappa shape index (κ3) is 5.83. The molecule has 1 aliphatic heterocycles. The van der Waals surface area contributed by atoms with Crippen molar-refractivity contribution in [1.29, 1.82) is 0 Å². The molecule has 0 radical (unpaired) electrons. The van der Waals surface area contributed by atoms with E-state index in [0.29, 0.717) is 19.4 Å². The van der Waals surface area contributed by atoms with E-state index in [1.165, 1.54) is 22.9 Å². The molecule has 0 unspecified atom stereocenters. The number of hydrogen-bond donors (Lipinski definition) is 0. The average Bonchev–Trinajstić information content (AvgIpc) is 2.79. The second-order valence-electron chi connectivity index (χ2n) is 8.21. The molecule has 7 nitrogen and oxygen atoms in total. The first-order valence-corrected chi connectivity index (χ1v) is 12.5. The summed E-state index contributed by atoms with van der Waals surface area (Å²) in [4.78, 5) is 26.9. The maximum atomic E-state index is 13.1. The van der Waals surface area contributed by atoms with E-state index in [1.807, 2.05) is 11.8 Å². The molecule has 2 aliphatic rings. The number of nitrogens with zero attached hydrogens (tertiary/aromatic N) is 2. The highest BCUT2D eigenvalue weighted by Gasteiger charge is 2.33. The van der Waals surface area contributed by atoms with Gasteiger partial charge in [-0.05, 0) is 56.9 Å². The highest BCUT2D eigenvalue weighted by Crippen LogP contribution is 2.25. The fourth-order valence-electron chi connectivity index (χ4n) is 4.45. The van der Waals surface area contributed by atoms with Gasteiger partial charge in [0.1, 0.15) is 5.82 Å². The van der Waals surface area contributed by atoms with E-state index in [1.54, 1.807) is 0 Å². The number of amides is 1. The van der Waals surface area contributed by atoms with Crippen molar-refractivity contribution in [2.24, 2.45) is 5.92 Å². The van der Waals surface area contributed by atoms with Gasteiger partial charge in [-0.25, -0.2) is 12.8 Å². The van der Waals surface area contributed by atoms with Gasteiger partial charge < -0.3 is 9.64 Å². The summed E-state index contributed by atoms with van der Waals surface area (Å²) in [7, 11) is -3.73. The molecule has 1 heterocycles. The molecule has 1 saturated carbocycles. The minimum atomic E-state index is -3.73. The first-order valence-electron chi connectivity index (χ1n) is 11.0. The highest BCUT2D eigenvalue weighted by atomic mass is 32.2. The molecule has 0 spiro atoms. The number of halogens is 1. The van der Waals surface area contributed by atoms with Crippen LogP contribution in [0.25, 0.3) is 0 Å². The van der Waals surface area contributed by atoms with E-state index in [9.17, 15) is 22.4 Å². The number of benzene rings is 1. The molecule has 172 valence electrons. The Hall–Kier alpha value is -2.00. The van der Waals surface area contributed by atoms with Gasteiger partial charge in [0.2, 0.25) is 10.0 Å². The van der Waals surface area contributed by atoms with Crippen LogP contribution in [-0.2, 0) is 24.3 Å². The number of piperidine rings is 1. The van der Waals surface area contributed by atoms with Gasteiger partial charge in [-0.1, -0.05) is 19.3 Å². The molecule has 1 amide bonds. The maximum Gasteiger partial charge on any atom is 0.309 e. The molecule has 31 heavy (non-hydrogen) atoms. The lowest BCUT2D eigenvalue weighted by atomic mass is 9.94. The largest absolute Gasteiger partial charge is 0.455 e. The van der Waals surface area contributed by atoms with E-state index in [-0.39, 0.29) is 36.5 Å². The zero-order valence-electron chi connectivity index (χ0n) is 18.0. The SMILES string of the molecule is CCN(C(=O)COC(=O)C1CCN(S(=O)(=O)c2ccc(F)cc2)CC1)C1CCCCC1. The molecule has 2 fully saturated rings. The topological polar surface area (TPSA) is 84.0 Å². The number of carbonyl (C=O) groups is 2. The van der Waals surface area contributed by atoms with Gasteiger partial charge in [0.25, 0.3) is 5.91 Å². The number of sulfonamides is 1. The summed E-state index contributed by atoms with van der Waals surface area (Å²) in [6.07, 6.45) is 6.08. The van der Waals surface area contributed by atoms with Crippen LogP contribution in [0.2, 0.25) is 0 Å². The highest BCUT2D eigenvalue weighted by molar-refractivity contribution is 7.89. The van der Waals surface area contributed by atoms with Crippen molar-refractivity contribution in [3.63, 3.8) is 0 Å². The fraction of sp³-hybridized carbons (Fsp3) is 0.636. The second kappa shape index (κ2) is 10.5. The van der Waals surface area contributed by atoms with Crippen LogP contribution in [0.3, 0.4) is 0 Å². The number of ether oxygens (including phenoxy) is 1. The lowest BCUT2D eigenvalue weighted by Gasteiger charge is -2.34. The van der Waals surface area contributed by atoms with Crippen molar-refractivity contribution in [3.05, 3.63) is 30.1 Å². The smallest absolute Gasteiger partial charge is 0.309 e. The van der Waals surface area contributed by atoms with Crippen LogP contribution in [0.1, 0.15) is 51.9 Å². The Morgan fingerprint density at radius 3 is 2.26 bits per heavy atom. The summed E-state index contributed by atoms with van der Waals surface area (Å²) in [5, 5.41) is 0. The van der Waals surface area contributed by atoms with E-state index in [0.717, 1.165) is 37.8 Å². The van der Waals surface area contributed by atoms with Gasteiger partial charge in [-0.15, -0.1) is 0 Å². The fourth-order valence-corrected chi connectivity index (χ4v) is 5.92. The molecule has 1 aromatic rings. The van der Waals surface area contributed by atoms with Gasteiger partial charge in [0.15, 0.2) is 6.61 Å². The van der Waals surface area contributed by atoms with Crippen molar-refractivity contribution in [2.45, 2.75) is 62.8 Å². The molecule has 0 N–H and O–H groups in total. The normalized spacial score (nSPS) is 19.2. The molecule has 1 saturated heterocycles. The lowest BCUT2D eigenvalue weighted by Crippen LogP contribution is -2.44. The van der Waals surface area contributed by atoms with Crippen LogP contribution >= 0.6 is 0 Å². The Balaban J connectivity index is 1.48. The van der Waals surface area contributed by atoms with Gasteiger partial charge in [-0.3, -0.25) is 9.59 Å². The van der Waals surface area contributed by atoms with Crippen molar-refractivity contribution in [3.8, 4) is 0 Å². The number of esters is 1.